The molecule has 1 N–H and O–H groups in total. The van der Waals surface area contributed by atoms with Gasteiger partial charge in [-0.1, -0.05) is 49.4 Å². The molecule has 0 radical (unpaired) electrons. The van der Waals surface area contributed by atoms with Gasteiger partial charge in [-0.15, -0.1) is 0 Å². The summed E-state index contributed by atoms with van der Waals surface area (Å²) in [5.41, 5.74) is 1.99. The van der Waals surface area contributed by atoms with Crippen molar-refractivity contribution in [2.24, 2.45) is 0 Å². The second-order valence-electron chi connectivity index (χ2n) is 5.40. The predicted octanol–water partition coefficient (Wildman–Crippen LogP) is 4.25. The first-order chi connectivity index (χ1) is 10.7. The van der Waals surface area contributed by atoms with E-state index < -0.39 is 0 Å². The predicted molar refractivity (Wildman–Crippen MR) is 92.9 cm³/mol. The first-order valence-corrected chi connectivity index (χ1v) is 7.89. The zero-order chi connectivity index (χ0) is 15.5. The average molecular weight is 310 g/mol. The van der Waals surface area contributed by atoms with Crippen LogP contribution in [-0.4, -0.2) is 9.55 Å². The molecule has 0 amide bonds. The molecule has 4 heteroatoms. The Balaban J connectivity index is 2.11. The molecule has 3 nitrogen and oxygen atoms in total. The number of aromatic amines is 1. The van der Waals surface area contributed by atoms with E-state index in [-0.39, 0.29) is 11.6 Å². The minimum absolute atomic E-state index is 0.0119. The van der Waals surface area contributed by atoms with E-state index in [9.17, 15) is 4.79 Å². The zero-order valence-electron chi connectivity index (χ0n) is 12.5. The summed E-state index contributed by atoms with van der Waals surface area (Å²) in [5, 5.41) is 0.683. The molecule has 0 aliphatic heterocycles. The van der Waals surface area contributed by atoms with Crippen LogP contribution in [0.1, 0.15) is 24.9 Å². The molecule has 0 aliphatic carbocycles. The smallest absolute Gasteiger partial charge is 0.262 e. The molecular weight excluding hydrogens is 292 g/mol. The number of nitrogens with zero attached hydrogens (tertiary/aromatic N) is 1. The van der Waals surface area contributed by atoms with Gasteiger partial charge in [-0.05, 0) is 42.8 Å². The van der Waals surface area contributed by atoms with Crippen LogP contribution in [0.3, 0.4) is 0 Å². The molecule has 2 aromatic carbocycles. The van der Waals surface area contributed by atoms with E-state index >= 15 is 0 Å². The Kier molecular flexibility index (Phi) is 4.20. The van der Waals surface area contributed by atoms with E-state index in [0.717, 1.165) is 18.4 Å². The van der Waals surface area contributed by atoms with Gasteiger partial charge in [-0.2, -0.15) is 0 Å². The summed E-state index contributed by atoms with van der Waals surface area (Å²) in [6, 6.07) is 17.8. The topological polar surface area (TPSA) is 37.8 Å². The van der Waals surface area contributed by atoms with Gasteiger partial charge in [0.2, 0.25) is 0 Å². The zero-order valence-corrected chi connectivity index (χ0v) is 13.3. The minimum atomic E-state index is -0.0119. The lowest BCUT2D eigenvalue weighted by atomic mass is 10.0. The van der Waals surface area contributed by atoms with Crippen molar-refractivity contribution in [1.82, 2.24) is 9.55 Å². The van der Waals surface area contributed by atoms with E-state index in [1.165, 1.54) is 5.56 Å². The molecule has 0 fully saturated rings. The third kappa shape index (κ3) is 2.74. The van der Waals surface area contributed by atoms with Gasteiger partial charge in [0.25, 0.3) is 5.56 Å². The number of fused-ring (bicyclic) bond motifs is 1. The Hall–Kier alpha value is -2.20. The Morgan fingerprint density at radius 1 is 1.09 bits per heavy atom. The van der Waals surface area contributed by atoms with Crippen molar-refractivity contribution in [3.05, 3.63) is 75.3 Å². The van der Waals surface area contributed by atoms with Crippen molar-refractivity contribution in [3.8, 4) is 0 Å². The number of hydrogen-bond donors (Lipinski definition) is 1. The molecule has 1 aromatic heterocycles. The largest absolute Gasteiger partial charge is 0.332 e. The average Bonchev–Trinajstić information content (AvgIpc) is 2.55. The Labute approximate surface area is 134 Å². The fraction of sp³-hybridized carbons (Fsp3) is 0.222. The lowest BCUT2D eigenvalue weighted by Gasteiger charge is -2.19. The fourth-order valence-electron chi connectivity index (χ4n) is 2.81. The normalized spacial score (nSPS) is 12.4. The van der Waals surface area contributed by atoms with Crippen molar-refractivity contribution in [2.45, 2.75) is 25.8 Å². The van der Waals surface area contributed by atoms with Crippen LogP contribution in [0.15, 0.2) is 59.4 Å². The number of benzene rings is 2. The Morgan fingerprint density at radius 3 is 2.50 bits per heavy atom. The van der Waals surface area contributed by atoms with Gasteiger partial charge < -0.3 is 4.98 Å². The molecule has 0 unspecified atom stereocenters. The van der Waals surface area contributed by atoms with E-state index in [4.69, 9.17) is 12.2 Å². The van der Waals surface area contributed by atoms with E-state index in [1.807, 2.05) is 42.5 Å². The van der Waals surface area contributed by atoms with Crippen LogP contribution in [0.5, 0.6) is 0 Å². The first kappa shape index (κ1) is 14.7. The molecule has 1 atom stereocenters. The van der Waals surface area contributed by atoms with Crippen molar-refractivity contribution in [1.29, 1.82) is 0 Å². The van der Waals surface area contributed by atoms with Crippen molar-refractivity contribution in [3.63, 3.8) is 0 Å². The number of aromatic nitrogens is 2. The molecule has 3 aromatic rings. The summed E-state index contributed by atoms with van der Waals surface area (Å²) < 4.78 is 2.22. The van der Waals surface area contributed by atoms with Gasteiger partial charge in [0, 0.05) is 6.04 Å². The van der Waals surface area contributed by atoms with Gasteiger partial charge >= 0.3 is 0 Å². The summed E-state index contributed by atoms with van der Waals surface area (Å²) >= 11 is 5.43. The quantitative estimate of drug-likeness (QED) is 0.731. The molecule has 3 rings (SSSR count). The van der Waals surface area contributed by atoms with Crippen LogP contribution in [0.25, 0.3) is 10.9 Å². The maximum atomic E-state index is 12.8. The maximum Gasteiger partial charge on any atom is 0.262 e. The monoisotopic (exact) mass is 310 g/mol. The SMILES string of the molecule is CC[C@@H](Cc1ccccc1)n1c(=S)[nH]c2ccccc2c1=O. The van der Waals surface area contributed by atoms with Crippen LogP contribution in [-0.2, 0) is 6.42 Å². The lowest BCUT2D eigenvalue weighted by Crippen LogP contribution is -2.27. The number of nitrogens with one attached hydrogen (secondary N) is 1. The van der Waals surface area contributed by atoms with Crippen LogP contribution >= 0.6 is 12.2 Å². The van der Waals surface area contributed by atoms with Crippen LogP contribution < -0.4 is 5.56 Å². The van der Waals surface area contributed by atoms with Crippen molar-refractivity contribution < 1.29 is 0 Å². The number of rotatable bonds is 4. The van der Waals surface area contributed by atoms with Gasteiger partial charge in [0.1, 0.15) is 0 Å². The second kappa shape index (κ2) is 6.28. The molecule has 1 heterocycles. The van der Waals surface area contributed by atoms with E-state index in [1.54, 1.807) is 4.57 Å². The summed E-state index contributed by atoms with van der Waals surface area (Å²) in [6.07, 6.45) is 1.65. The number of H-pyrrole nitrogens is 1. The summed E-state index contributed by atoms with van der Waals surface area (Å²) in [5.74, 6) is 0. The molecule has 22 heavy (non-hydrogen) atoms. The first-order valence-electron chi connectivity index (χ1n) is 7.48. The third-order valence-electron chi connectivity index (χ3n) is 3.99. The molecule has 0 saturated carbocycles. The second-order valence-corrected chi connectivity index (χ2v) is 5.79. The van der Waals surface area contributed by atoms with Crippen LogP contribution in [0.2, 0.25) is 0 Å². The standard InChI is InChI=1S/C18H18N2OS/c1-2-14(12-13-8-4-3-5-9-13)20-17(21)15-10-6-7-11-16(15)19-18(20)22/h3-11,14H,2,12H2,1H3,(H,19,22)/t14-/m0/s1. The summed E-state index contributed by atoms with van der Waals surface area (Å²) in [7, 11) is 0. The summed E-state index contributed by atoms with van der Waals surface area (Å²) in [4.78, 5) is 16.0. The van der Waals surface area contributed by atoms with Crippen LogP contribution in [0.4, 0.5) is 0 Å². The van der Waals surface area contributed by atoms with E-state index in [2.05, 4.69) is 24.0 Å². The van der Waals surface area contributed by atoms with Gasteiger partial charge in [-0.25, -0.2) is 0 Å². The molecule has 0 spiro atoms. The van der Waals surface area contributed by atoms with Gasteiger partial charge in [0.05, 0.1) is 10.9 Å². The van der Waals surface area contributed by atoms with Gasteiger partial charge in [-0.3, -0.25) is 9.36 Å². The number of para-hydroxylation sites is 1. The highest BCUT2D eigenvalue weighted by atomic mass is 32.1. The molecular formula is C18H18N2OS. The lowest BCUT2D eigenvalue weighted by molar-refractivity contribution is 0.461. The number of hydrogen-bond acceptors (Lipinski definition) is 2. The van der Waals surface area contributed by atoms with Crippen molar-refractivity contribution >= 4 is 23.1 Å². The highest BCUT2D eigenvalue weighted by molar-refractivity contribution is 7.71. The maximum absolute atomic E-state index is 12.8. The Bertz CT molecular complexity index is 896. The fourth-order valence-corrected chi connectivity index (χ4v) is 3.15. The highest BCUT2D eigenvalue weighted by Gasteiger charge is 2.15. The highest BCUT2D eigenvalue weighted by Crippen LogP contribution is 2.18. The third-order valence-corrected chi connectivity index (χ3v) is 4.29. The van der Waals surface area contributed by atoms with E-state index in [0.29, 0.717) is 10.2 Å². The molecule has 0 saturated heterocycles. The Morgan fingerprint density at radius 2 is 1.77 bits per heavy atom. The summed E-state index contributed by atoms with van der Waals surface area (Å²) in [6.45, 7) is 2.09. The minimum Gasteiger partial charge on any atom is -0.332 e. The molecule has 112 valence electrons. The van der Waals surface area contributed by atoms with Crippen LogP contribution in [0, 0.1) is 4.77 Å². The molecule has 0 bridgehead atoms. The van der Waals surface area contributed by atoms with Gasteiger partial charge in [0.15, 0.2) is 4.77 Å². The van der Waals surface area contributed by atoms with Crippen molar-refractivity contribution in [2.75, 3.05) is 0 Å². The molecule has 0 aliphatic rings.